The van der Waals surface area contributed by atoms with E-state index in [1.807, 2.05) is 102 Å². The third kappa shape index (κ3) is 14.2. The maximum absolute atomic E-state index is 14.4. The van der Waals surface area contributed by atoms with Crippen molar-refractivity contribution in [3.63, 3.8) is 0 Å². The number of nitrogens with one attached hydrogen (secondary N) is 7. The first-order valence-corrected chi connectivity index (χ1v) is 23.8. The first-order chi connectivity index (χ1) is 32.5. The number of ketones is 2. The molecular weight excluding hydrogens is 881 g/mol. The molecule has 3 aromatic rings. The third-order valence-electron chi connectivity index (χ3n) is 13.1. The number of rotatable bonds is 20. The Kier molecular flexibility index (Phi) is 18.2. The van der Waals surface area contributed by atoms with E-state index in [1.165, 1.54) is 15.9 Å². The van der Waals surface area contributed by atoms with Gasteiger partial charge in [-0.1, -0.05) is 102 Å². The molecule has 2 fully saturated rings. The number of likely N-dealkylation sites (tertiary alicyclic amines) is 2. The number of hydrogen-bond donors (Lipinski definition) is 7. The summed E-state index contributed by atoms with van der Waals surface area (Å²) in [5, 5.41) is 24.3. The van der Waals surface area contributed by atoms with E-state index in [9.17, 15) is 38.4 Å². The molecule has 0 spiro atoms. The highest BCUT2D eigenvalue weighted by atomic mass is 16.2. The molecule has 0 radical (unpaired) electrons. The summed E-state index contributed by atoms with van der Waals surface area (Å²) >= 11 is 0. The molecule has 0 saturated carbocycles. The highest BCUT2D eigenvalue weighted by Crippen LogP contribution is 2.33. The molecule has 0 aliphatic carbocycles. The topological polar surface area (TPSA) is 244 Å². The van der Waals surface area contributed by atoms with Crippen LogP contribution in [0.3, 0.4) is 0 Å². The first kappa shape index (κ1) is 53.7. The molecule has 0 unspecified atom stereocenters. The third-order valence-corrected chi connectivity index (χ3v) is 13.1. The molecule has 2 aromatic carbocycles. The van der Waals surface area contributed by atoms with Crippen molar-refractivity contribution in [2.24, 2.45) is 22.7 Å². The van der Waals surface area contributed by atoms with Crippen LogP contribution in [-0.4, -0.2) is 130 Å². The van der Waals surface area contributed by atoms with Crippen molar-refractivity contribution in [1.82, 2.24) is 51.9 Å². The molecule has 8 atom stereocenters. The molecule has 7 N–H and O–H groups in total. The Bertz CT molecular complexity index is 2150. The minimum Gasteiger partial charge on any atom is -0.350 e. The van der Waals surface area contributed by atoms with Gasteiger partial charge in [0.2, 0.25) is 35.4 Å². The van der Waals surface area contributed by atoms with Gasteiger partial charge in [0, 0.05) is 39.0 Å². The maximum atomic E-state index is 14.4. The minimum atomic E-state index is -0.975. The van der Waals surface area contributed by atoms with Crippen LogP contribution in [0.2, 0.25) is 0 Å². The van der Waals surface area contributed by atoms with Crippen LogP contribution in [0.5, 0.6) is 0 Å². The summed E-state index contributed by atoms with van der Waals surface area (Å²) < 4.78 is 0. The van der Waals surface area contributed by atoms with Crippen LogP contribution in [0.25, 0.3) is 0 Å². The lowest BCUT2D eigenvalue weighted by Crippen LogP contribution is -2.59. The fraction of sp³-hybridized carbons (Fsp3) is 0.549. The first-order valence-electron chi connectivity index (χ1n) is 23.8. The fourth-order valence-corrected chi connectivity index (χ4v) is 8.70. The van der Waals surface area contributed by atoms with Gasteiger partial charge in [0.05, 0.1) is 12.1 Å². The molecule has 6 amide bonds. The number of hydrogen-bond acceptors (Lipinski definition) is 11. The second-order valence-electron chi connectivity index (χ2n) is 20.7. The zero-order chi connectivity index (χ0) is 50.8. The standard InChI is InChI=1S/C51H72N10O8/c1-30(52-9)44(64)56-42(50(3,4)5)48(68)60-28-34(21-38(60)46(66)54-26-32-17-13-11-14-18-32)23-40(62)36-25-37(59-58-36)41(63)24-35-22-39(47(67)55-27-33-19-15-12-16-20-33)61(29-35)49(69)43(51(6,7)8)57-45(65)31(2)53-10/h11-20,25,30-31,34-35,38-39,42-43,52-53H,21-24,26-29H2,1-10H3,(H,54,66)(H,55,67)(H,56,64)(H,57,65)(H,58,59)/t30-,31-,34+,35+,38-,39-,42+,43+/m0/s1. The summed E-state index contributed by atoms with van der Waals surface area (Å²) in [5.41, 5.74) is 0.381. The molecule has 0 bridgehead atoms. The van der Waals surface area contributed by atoms with Crippen molar-refractivity contribution in [3.05, 3.63) is 89.2 Å². The normalized spacial score (nSPS) is 20.0. The maximum Gasteiger partial charge on any atom is 0.246 e. The second-order valence-corrected chi connectivity index (χ2v) is 20.7. The summed E-state index contributed by atoms with van der Waals surface area (Å²) in [6.45, 7) is 15.0. The lowest BCUT2D eigenvalue weighted by atomic mass is 9.85. The van der Waals surface area contributed by atoms with Gasteiger partial charge in [-0.05, 0) is 80.6 Å². The Morgan fingerprint density at radius 1 is 0.623 bits per heavy atom. The SMILES string of the molecule is CN[C@@H](C)C(=O)N[C@H](C(=O)N1C[C@@H](CC(=O)c2cc(C(=O)C[C@H]3C[C@@H](C(=O)NCc4ccccc4)N(C(=O)[C@@H](NC(=O)[C@H](C)NC)C(C)(C)C)C3)[nH]n2)C[C@H]1C(=O)NCc1ccccc1)C(C)(C)C. The van der Waals surface area contributed by atoms with Gasteiger partial charge >= 0.3 is 0 Å². The van der Waals surface area contributed by atoms with Crippen LogP contribution < -0.4 is 31.9 Å². The zero-order valence-corrected chi connectivity index (χ0v) is 41.7. The predicted molar refractivity (Wildman–Crippen MR) is 260 cm³/mol. The molecule has 3 heterocycles. The Labute approximate surface area is 405 Å². The summed E-state index contributed by atoms with van der Waals surface area (Å²) in [4.78, 5) is 113. The molecule has 2 aliphatic rings. The van der Waals surface area contributed by atoms with Crippen LogP contribution in [0.15, 0.2) is 66.7 Å². The van der Waals surface area contributed by atoms with Gasteiger partial charge in [-0.3, -0.25) is 43.5 Å². The number of aromatic amines is 1. The van der Waals surface area contributed by atoms with E-state index in [2.05, 4.69) is 42.1 Å². The van der Waals surface area contributed by atoms with Gasteiger partial charge in [-0.15, -0.1) is 0 Å². The van der Waals surface area contributed by atoms with E-state index in [-0.39, 0.29) is 92.7 Å². The molecule has 1 aromatic heterocycles. The van der Waals surface area contributed by atoms with Crippen LogP contribution >= 0.6 is 0 Å². The highest BCUT2D eigenvalue weighted by Gasteiger charge is 2.47. The molecule has 2 aliphatic heterocycles. The summed E-state index contributed by atoms with van der Waals surface area (Å²) in [6.07, 6.45) is 0.216. The van der Waals surface area contributed by atoms with Crippen molar-refractivity contribution < 1.29 is 38.4 Å². The van der Waals surface area contributed by atoms with Crippen LogP contribution in [0.4, 0.5) is 0 Å². The quantitative estimate of drug-likeness (QED) is 0.0813. The van der Waals surface area contributed by atoms with E-state index in [0.717, 1.165) is 11.1 Å². The van der Waals surface area contributed by atoms with Crippen molar-refractivity contribution in [3.8, 4) is 0 Å². The lowest BCUT2D eigenvalue weighted by molar-refractivity contribution is -0.144. The highest BCUT2D eigenvalue weighted by molar-refractivity contribution is 6.00. The number of carbonyl (C=O) groups excluding carboxylic acids is 8. The lowest BCUT2D eigenvalue weighted by Gasteiger charge is -2.36. The average Bonchev–Trinajstić information content (AvgIpc) is 4.09. The van der Waals surface area contributed by atoms with E-state index in [1.54, 1.807) is 27.9 Å². The van der Waals surface area contributed by atoms with E-state index >= 15 is 0 Å². The van der Waals surface area contributed by atoms with Gasteiger partial charge in [0.25, 0.3) is 0 Å². The number of nitrogens with zero attached hydrogens (tertiary/aromatic N) is 3. The van der Waals surface area contributed by atoms with E-state index in [4.69, 9.17) is 0 Å². The van der Waals surface area contributed by atoms with Gasteiger partial charge in [-0.2, -0.15) is 5.10 Å². The molecular formula is C51H72N10O8. The number of aromatic nitrogens is 2. The van der Waals surface area contributed by atoms with Gasteiger partial charge < -0.3 is 41.7 Å². The van der Waals surface area contributed by atoms with Crippen molar-refractivity contribution >= 4 is 47.0 Å². The second kappa shape index (κ2) is 23.4. The van der Waals surface area contributed by atoms with Crippen molar-refractivity contribution in [1.29, 1.82) is 0 Å². The van der Waals surface area contributed by atoms with Crippen LogP contribution in [-0.2, 0) is 41.9 Å². The molecule has 18 nitrogen and oxygen atoms in total. The number of amides is 6. The van der Waals surface area contributed by atoms with Gasteiger partial charge in [-0.25, -0.2) is 0 Å². The zero-order valence-electron chi connectivity index (χ0n) is 41.7. The summed E-state index contributed by atoms with van der Waals surface area (Å²) in [7, 11) is 3.29. The minimum absolute atomic E-state index is 0.00930. The number of benzene rings is 2. The van der Waals surface area contributed by atoms with E-state index < -0.39 is 76.5 Å². The Balaban J connectivity index is 1.30. The smallest absolute Gasteiger partial charge is 0.246 e. The molecule has 18 heteroatoms. The summed E-state index contributed by atoms with van der Waals surface area (Å²) in [6, 6.07) is 15.1. The van der Waals surface area contributed by atoms with E-state index in [0.29, 0.717) is 0 Å². The molecule has 5 rings (SSSR count). The molecule has 2 saturated heterocycles. The summed E-state index contributed by atoms with van der Waals surface area (Å²) in [5.74, 6) is -4.05. The number of likely N-dealkylation sites (N-methyl/N-ethyl adjacent to an activating group) is 2. The average molecular weight is 953 g/mol. The largest absolute Gasteiger partial charge is 0.350 e. The van der Waals surface area contributed by atoms with Crippen LogP contribution in [0.1, 0.15) is 113 Å². The molecule has 69 heavy (non-hydrogen) atoms. The van der Waals surface area contributed by atoms with Crippen molar-refractivity contribution in [2.45, 2.75) is 130 Å². The monoisotopic (exact) mass is 953 g/mol. The van der Waals surface area contributed by atoms with Crippen LogP contribution in [0, 0.1) is 22.7 Å². The molecule has 374 valence electrons. The fourth-order valence-electron chi connectivity index (χ4n) is 8.70. The Morgan fingerprint density at radius 2 is 1.01 bits per heavy atom. The van der Waals surface area contributed by atoms with Gasteiger partial charge in [0.1, 0.15) is 35.6 Å². The number of Topliss-reactive ketones (excluding diaryl/α,β-unsaturated/α-hetero) is 2. The Hall–Kier alpha value is -6.27. The number of H-pyrrole nitrogens is 1. The predicted octanol–water partition coefficient (Wildman–Crippen LogP) is 2.90. The van der Waals surface area contributed by atoms with Crippen molar-refractivity contribution in [2.75, 3.05) is 27.2 Å². The Morgan fingerprint density at radius 3 is 1.39 bits per heavy atom. The van der Waals surface area contributed by atoms with Gasteiger partial charge in [0.15, 0.2) is 11.6 Å². The number of carbonyl (C=O) groups is 8.